The molecule has 0 unspecified atom stereocenters. The summed E-state index contributed by atoms with van der Waals surface area (Å²) in [6.45, 7) is 0. The van der Waals surface area contributed by atoms with Crippen LogP contribution in [0, 0.1) is 0 Å². The van der Waals surface area contributed by atoms with Gasteiger partial charge in [0.15, 0.2) is 0 Å². The summed E-state index contributed by atoms with van der Waals surface area (Å²) in [7, 11) is 3.09. The second kappa shape index (κ2) is 5.90. The second-order valence-electron chi connectivity index (χ2n) is 0.996. The lowest BCUT2D eigenvalue weighted by molar-refractivity contribution is 0.336. The van der Waals surface area contributed by atoms with Gasteiger partial charge in [-0.25, -0.2) is 0 Å². The molecule has 0 amide bonds. The maximum absolute atomic E-state index is 4.51. The van der Waals surface area contributed by atoms with Crippen molar-refractivity contribution >= 4 is 0 Å². The molecule has 2 heteroatoms. The molecule has 0 aromatic heterocycles. The Morgan fingerprint density at radius 3 is 1.62 bits per heavy atom. The van der Waals surface area contributed by atoms with Crippen LogP contribution >= 0.6 is 0 Å². The van der Waals surface area contributed by atoms with Gasteiger partial charge in [0.2, 0.25) is 0 Å². The zero-order valence-corrected chi connectivity index (χ0v) is 4.97. The third-order valence-electron chi connectivity index (χ3n) is 0.437. The molecule has 0 heterocycles. The monoisotopic (exact) mass is 112 g/mol. The van der Waals surface area contributed by atoms with Gasteiger partial charge in [0, 0.05) is 0 Å². The molecule has 0 saturated heterocycles. The number of methoxy groups -OCH3 is 2. The smallest absolute Gasteiger partial charge is 0.133 e. The highest BCUT2D eigenvalue weighted by Gasteiger charge is 1.51. The van der Waals surface area contributed by atoms with Crippen LogP contribution in [0.3, 0.4) is 0 Å². The van der Waals surface area contributed by atoms with Crippen LogP contribution in [0.5, 0.6) is 0 Å². The van der Waals surface area contributed by atoms with Crippen LogP contribution in [0.2, 0.25) is 0 Å². The quantitative estimate of drug-likeness (QED) is 0.393. The molecule has 0 rings (SSSR count). The van der Waals surface area contributed by atoms with Gasteiger partial charge in [-0.05, 0) is 11.5 Å². The Bertz CT molecular complexity index is 109. The summed E-state index contributed by atoms with van der Waals surface area (Å²) in [6.07, 6.45) is 2.77. The molecule has 0 aromatic rings. The summed E-state index contributed by atoms with van der Waals surface area (Å²) in [6, 6.07) is 0. The van der Waals surface area contributed by atoms with Crippen molar-refractivity contribution < 1.29 is 9.47 Å². The van der Waals surface area contributed by atoms with Crippen molar-refractivity contribution in [3.8, 4) is 0 Å². The van der Waals surface area contributed by atoms with Crippen LogP contribution in [-0.2, 0) is 9.47 Å². The van der Waals surface area contributed by atoms with E-state index in [-0.39, 0.29) is 0 Å². The Balaban J connectivity index is 3.61. The Morgan fingerprint density at radius 2 is 1.38 bits per heavy atom. The van der Waals surface area contributed by atoms with Crippen LogP contribution in [0.4, 0.5) is 0 Å². The first-order valence-electron chi connectivity index (χ1n) is 2.12. The molecule has 0 radical (unpaired) electrons. The molecule has 2 nitrogen and oxygen atoms in total. The predicted molar refractivity (Wildman–Crippen MR) is 30.2 cm³/mol. The number of rotatable bonds is 2. The van der Waals surface area contributed by atoms with Gasteiger partial charge in [0.05, 0.1) is 14.2 Å². The van der Waals surface area contributed by atoms with Crippen LogP contribution in [-0.4, -0.2) is 14.2 Å². The van der Waals surface area contributed by atoms with E-state index in [9.17, 15) is 0 Å². The first-order valence-corrected chi connectivity index (χ1v) is 2.12. The molecule has 8 heavy (non-hydrogen) atoms. The van der Waals surface area contributed by atoms with E-state index >= 15 is 0 Å². The second-order valence-corrected chi connectivity index (χ2v) is 0.996. The lowest BCUT2D eigenvalue weighted by Crippen LogP contribution is -1.59. The van der Waals surface area contributed by atoms with Gasteiger partial charge in [-0.3, -0.25) is 0 Å². The van der Waals surface area contributed by atoms with Crippen molar-refractivity contribution in [3.05, 3.63) is 24.0 Å². The maximum Gasteiger partial charge on any atom is 0.133 e. The molecule has 0 saturated carbocycles. The van der Waals surface area contributed by atoms with Gasteiger partial charge >= 0.3 is 0 Å². The van der Waals surface area contributed by atoms with Crippen molar-refractivity contribution in [3.63, 3.8) is 0 Å². The average Bonchev–Trinajstić information content (AvgIpc) is 1.81. The minimum Gasteiger partial charge on any atom is -0.496 e. The van der Waals surface area contributed by atoms with E-state index in [0.29, 0.717) is 0 Å². The van der Waals surface area contributed by atoms with E-state index < -0.39 is 0 Å². The van der Waals surface area contributed by atoms with E-state index in [1.165, 1.54) is 12.5 Å². The highest BCUT2D eigenvalue weighted by atomic mass is 16.5. The van der Waals surface area contributed by atoms with Gasteiger partial charge in [-0.15, -0.1) is 0 Å². The number of hydrogen-bond acceptors (Lipinski definition) is 2. The minimum absolute atomic E-state index is 1.38. The molecule has 0 aromatic carbocycles. The minimum atomic E-state index is 1.38. The van der Waals surface area contributed by atoms with Crippen molar-refractivity contribution in [1.29, 1.82) is 0 Å². The molecule has 0 aliphatic heterocycles. The van der Waals surface area contributed by atoms with E-state index in [1.807, 2.05) is 0 Å². The van der Waals surface area contributed by atoms with Crippen LogP contribution in [0.25, 0.3) is 0 Å². The molecule has 0 aliphatic rings. The predicted octanol–water partition coefficient (Wildman–Crippen LogP) is 1.06. The van der Waals surface area contributed by atoms with Crippen molar-refractivity contribution in [2.75, 3.05) is 14.2 Å². The molecule has 0 N–H and O–H groups in total. The van der Waals surface area contributed by atoms with Crippen molar-refractivity contribution in [2.45, 2.75) is 0 Å². The summed E-state index contributed by atoms with van der Waals surface area (Å²) < 4.78 is 9.03. The fraction of sp³-hybridized carbons (Fsp3) is 0.333. The van der Waals surface area contributed by atoms with E-state index in [0.717, 1.165) is 0 Å². The maximum atomic E-state index is 4.51. The molecule has 0 spiro atoms. The molecular weight excluding hydrogens is 104 g/mol. The summed E-state index contributed by atoms with van der Waals surface area (Å²) in [5, 5.41) is 0. The first-order chi connectivity index (χ1) is 3.91. The zero-order valence-electron chi connectivity index (χ0n) is 4.97. The van der Waals surface area contributed by atoms with Gasteiger partial charge in [0.1, 0.15) is 12.5 Å². The van der Waals surface area contributed by atoms with Crippen LogP contribution in [0.15, 0.2) is 24.0 Å². The first kappa shape index (κ1) is 6.90. The van der Waals surface area contributed by atoms with Crippen molar-refractivity contribution in [2.24, 2.45) is 0 Å². The Hall–Kier alpha value is -1.10. The number of hydrogen-bond donors (Lipinski definition) is 0. The summed E-state index contributed by atoms with van der Waals surface area (Å²) in [4.78, 5) is 0. The Kier molecular flexibility index (Phi) is 5.09. The average molecular weight is 112 g/mol. The molecule has 44 valence electrons. The fourth-order valence-electron chi connectivity index (χ4n) is 0.186. The molecule has 0 atom stereocenters. The summed E-state index contributed by atoms with van der Waals surface area (Å²) in [5.74, 6) is 0. The largest absolute Gasteiger partial charge is 0.496 e. The topological polar surface area (TPSA) is 18.5 Å². The van der Waals surface area contributed by atoms with Crippen LogP contribution in [0.1, 0.15) is 0 Å². The van der Waals surface area contributed by atoms with E-state index in [2.05, 4.69) is 20.9 Å². The van der Waals surface area contributed by atoms with Gasteiger partial charge in [0.25, 0.3) is 0 Å². The van der Waals surface area contributed by atoms with Gasteiger partial charge in [-0.1, -0.05) is 0 Å². The summed E-state index contributed by atoms with van der Waals surface area (Å²) >= 11 is 0. The Labute approximate surface area is 48.7 Å². The molecular formula is C6H8O2. The van der Waals surface area contributed by atoms with E-state index in [1.54, 1.807) is 14.2 Å². The standard InChI is InChI=1S/C6H8O2/c1-7-5-3-4-6-8-2/h5-6H,1-2H3. The lowest BCUT2D eigenvalue weighted by Gasteiger charge is -1.76. The van der Waals surface area contributed by atoms with Crippen LogP contribution < -0.4 is 0 Å². The van der Waals surface area contributed by atoms with Crippen molar-refractivity contribution in [1.82, 2.24) is 0 Å². The highest BCUT2D eigenvalue weighted by Crippen LogP contribution is 1.65. The third-order valence-corrected chi connectivity index (χ3v) is 0.437. The molecule has 0 fully saturated rings. The lowest BCUT2D eigenvalue weighted by atomic mass is 10.8. The normalized spacial score (nSPS) is 5.75. The van der Waals surface area contributed by atoms with Gasteiger partial charge in [-0.2, -0.15) is 0 Å². The number of ether oxygens (including phenoxy) is 2. The zero-order chi connectivity index (χ0) is 6.24. The SMILES string of the molecule is COC=C=C=COC. The highest BCUT2D eigenvalue weighted by molar-refractivity contribution is 4.76. The Morgan fingerprint density at radius 1 is 1.00 bits per heavy atom. The fourth-order valence-corrected chi connectivity index (χ4v) is 0.186. The summed E-state index contributed by atoms with van der Waals surface area (Å²) in [5.41, 5.74) is 5.12. The molecule has 0 aliphatic carbocycles. The van der Waals surface area contributed by atoms with E-state index in [4.69, 9.17) is 0 Å². The molecule has 0 bridgehead atoms. The van der Waals surface area contributed by atoms with Gasteiger partial charge < -0.3 is 9.47 Å². The third kappa shape index (κ3) is 4.90.